The van der Waals surface area contributed by atoms with Gasteiger partial charge in [0, 0.05) is 5.56 Å². The lowest BCUT2D eigenvalue weighted by Gasteiger charge is -2.09. The minimum atomic E-state index is 0.258. The summed E-state index contributed by atoms with van der Waals surface area (Å²) >= 11 is 0. The van der Waals surface area contributed by atoms with Gasteiger partial charge in [-0.3, -0.25) is 0 Å². The number of rotatable bonds is 7. The molecule has 1 heterocycles. The van der Waals surface area contributed by atoms with Gasteiger partial charge in [-0.15, -0.1) is 0 Å². The van der Waals surface area contributed by atoms with Crippen molar-refractivity contribution < 1.29 is 14.3 Å². The van der Waals surface area contributed by atoms with Crippen LogP contribution in [0, 0.1) is 6.92 Å². The summed E-state index contributed by atoms with van der Waals surface area (Å²) in [6, 6.07) is 13.3. The van der Waals surface area contributed by atoms with Crippen LogP contribution in [0.4, 0.5) is 0 Å². The van der Waals surface area contributed by atoms with E-state index in [1.54, 1.807) is 13.3 Å². The first-order valence-corrected chi connectivity index (χ1v) is 8.39. The van der Waals surface area contributed by atoms with E-state index in [-0.39, 0.29) is 6.61 Å². The fraction of sp³-hybridized carbons (Fsp3) is 0.250. The Morgan fingerprint density at radius 3 is 2.54 bits per heavy atom. The fourth-order valence-electron chi connectivity index (χ4n) is 2.50. The van der Waals surface area contributed by atoms with Crippen LogP contribution in [0.25, 0.3) is 11.0 Å². The lowest BCUT2D eigenvalue weighted by Crippen LogP contribution is -2.00. The van der Waals surface area contributed by atoms with Gasteiger partial charge in [0.2, 0.25) is 0 Å². The number of nitrogens with zero attached hydrogens (tertiary/aromatic N) is 3. The quantitative estimate of drug-likeness (QED) is 0.477. The number of fused-ring (bicyclic) bond motifs is 1. The second-order valence-corrected chi connectivity index (χ2v) is 5.60. The molecule has 0 aliphatic heterocycles. The minimum absolute atomic E-state index is 0.258. The van der Waals surface area contributed by atoms with Gasteiger partial charge in [0.15, 0.2) is 18.1 Å². The predicted molar refractivity (Wildman–Crippen MR) is 101 cm³/mol. The number of para-hydroxylation sites is 2. The minimum Gasteiger partial charge on any atom is -0.493 e. The third-order valence-electron chi connectivity index (χ3n) is 3.81. The summed E-state index contributed by atoms with van der Waals surface area (Å²) in [6.07, 6.45) is 1.63. The molecule has 0 saturated carbocycles. The van der Waals surface area contributed by atoms with Crippen LogP contribution < -0.4 is 9.47 Å². The lowest BCUT2D eigenvalue weighted by molar-refractivity contribution is 0.129. The van der Waals surface area contributed by atoms with E-state index in [2.05, 4.69) is 15.1 Å². The highest BCUT2D eigenvalue weighted by molar-refractivity contribution is 5.80. The van der Waals surface area contributed by atoms with Crippen molar-refractivity contribution in [3.8, 4) is 11.5 Å². The summed E-state index contributed by atoms with van der Waals surface area (Å²) in [5.74, 6) is 1.36. The molecule has 0 unspecified atom stereocenters. The van der Waals surface area contributed by atoms with Gasteiger partial charge in [-0.1, -0.05) is 17.3 Å². The molecule has 0 atom stereocenters. The summed E-state index contributed by atoms with van der Waals surface area (Å²) in [7, 11) is 1.61. The molecule has 1 aromatic heterocycles. The van der Waals surface area contributed by atoms with Crippen LogP contribution in [0.2, 0.25) is 0 Å². The van der Waals surface area contributed by atoms with E-state index in [0.29, 0.717) is 18.1 Å². The van der Waals surface area contributed by atoms with Crippen molar-refractivity contribution in [1.29, 1.82) is 0 Å². The highest BCUT2D eigenvalue weighted by Gasteiger charge is 2.06. The largest absolute Gasteiger partial charge is 0.493 e. The van der Waals surface area contributed by atoms with Gasteiger partial charge < -0.3 is 14.3 Å². The molecule has 6 nitrogen and oxygen atoms in total. The van der Waals surface area contributed by atoms with Crippen molar-refractivity contribution >= 4 is 17.2 Å². The average Bonchev–Trinajstić information content (AvgIpc) is 2.66. The van der Waals surface area contributed by atoms with E-state index in [1.807, 2.05) is 56.3 Å². The summed E-state index contributed by atoms with van der Waals surface area (Å²) in [4.78, 5) is 14.5. The van der Waals surface area contributed by atoms with E-state index in [9.17, 15) is 0 Å². The molecule has 0 bridgehead atoms. The number of methoxy groups -OCH3 is 1. The van der Waals surface area contributed by atoms with Crippen LogP contribution in [0.15, 0.2) is 47.6 Å². The number of oxime groups is 1. The van der Waals surface area contributed by atoms with Gasteiger partial charge in [-0.2, -0.15) is 0 Å². The summed E-state index contributed by atoms with van der Waals surface area (Å²) in [6.45, 7) is 4.69. The zero-order chi connectivity index (χ0) is 18.4. The maximum atomic E-state index is 5.50. The molecule has 0 aliphatic carbocycles. The Morgan fingerprint density at radius 2 is 1.81 bits per heavy atom. The van der Waals surface area contributed by atoms with E-state index in [4.69, 9.17) is 14.3 Å². The SMILES string of the molecule is CCOc1ccc(/C=N/OCc2nc3ccccc3nc2C)cc1OC. The van der Waals surface area contributed by atoms with Crippen molar-refractivity contribution in [1.82, 2.24) is 9.97 Å². The van der Waals surface area contributed by atoms with E-state index < -0.39 is 0 Å². The molecule has 26 heavy (non-hydrogen) atoms. The Morgan fingerprint density at radius 1 is 1.04 bits per heavy atom. The second-order valence-electron chi connectivity index (χ2n) is 5.60. The van der Waals surface area contributed by atoms with Crippen molar-refractivity contribution in [3.05, 3.63) is 59.4 Å². The number of benzene rings is 2. The van der Waals surface area contributed by atoms with Crippen LogP contribution >= 0.6 is 0 Å². The normalized spacial score (nSPS) is 11.0. The fourth-order valence-corrected chi connectivity index (χ4v) is 2.50. The molecule has 0 radical (unpaired) electrons. The molecule has 0 N–H and O–H groups in total. The molecule has 0 spiro atoms. The van der Waals surface area contributed by atoms with Crippen molar-refractivity contribution in [2.45, 2.75) is 20.5 Å². The van der Waals surface area contributed by atoms with E-state index in [1.165, 1.54) is 0 Å². The highest BCUT2D eigenvalue weighted by atomic mass is 16.6. The number of aryl methyl sites for hydroxylation is 1. The van der Waals surface area contributed by atoms with Crippen LogP contribution in [0.1, 0.15) is 23.9 Å². The summed E-state index contributed by atoms with van der Waals surface area (Å²) < 4.78 is 10.8. The molecule has 0 saturated heterocycles. The van der Waals surface area contributed by atoms with Crippen LogP contribution in [-0.2, 0) is 11.4 Å². The smallest absolute Gasteiger partial charge is 0.161 e. The third-order valence-corrected chi connectivity index (χ3v) is 3.81. The molecule has 0 amide bonds. The summed E-state index contributed by atoms with van der Waals surface area (Å²) in [5.41, 5.74) is 4.18. The highest BCUT2D eigenvalue weighted by Crippen LogP contribution is 2.27. The molecular weight excluding hydrogens is 330 g/mol. The lowest BCUT2D eigenvalue weighted by atomic mass is 10.2. The zero-order valence-electron chi connectivity index (χ0n) is 15.1. The van der Waals surface area contributed by atoms with Gasteiger partial charge in [0.1, 0.15) is 5.69 Å². The van der Waals surface area contributed by atoms with E-state index >= 15 is 0 Å². The second kappa shape index (κ2) is 8.29. The topological polar surface area (TPSA) is 65.8 Å². The van der Waals surface area contributed by atoms with Crippen LogP contribution in [-0.4, -0.2) is 29.9 Å². The first-order chi connectivity index (χ1) is 12.7. The standard InChI is InChI=1S/C20H21N3O3/c1-4-25-19-10-9-15(11-20(19)24-3)12-21-26-13-18-14(2)22-16-7-5-6-8-17(16)23-18/h5-12H,4,13H2,1-3H3/b21-12+. The van der Waals surface area contributed by atoms with E-state index in [0.717, 1.165) is 28.0 Å². The number of ether oxygens (including phenoxy) is 2. The van der Waals surface area contributed by atoms with Crippen LogP contribution in [0.3, 0.4) is 0 Å². The van der Waals surface area contributed by atoms with Gasteiger partial charge >= 0.3 is 0 Å². The molecule has 3 aromatic rings. The maximum absolute atomic E-state index is 5.50. The molecule has 134 valence electrons. The van der Waals surface area contributed by atoms with Gasteiger partial charge in [0.25, 0.3) is 0 Å². The first kappa shape index (κ1) is 17.7. The monoisotopic (exact) mass is 351 g/mol. The Balaban J connectivity index is 1.67. The molecule has 0 aliphatic rings. The molecule has 0 fully saturated rings. The Hall–Kier alpha value is -3.15. The third kappa shape index (κ3) is 4.08. The number of aromatic nitrogens is 2. The Bertz CT molecular complexity index is 925. The molecule has 6 heteroatoms. The van der Waals surface area contributed by atoms with Gasteiger partial charge in [-0.05, 0) is 44.2 Å². The average molecular weight is 351 g/mol. The first-order valence-electron chi connectivity index (χ1n) is 8.39. The van der Waals surface area contributed by atoms with Gasteiger partial charge in [-0.25, -0.2) is 9.97 Å². The number of hydrogen-bond acceptors (Lipinski definition) is 6. The predicted octanol–water partition coefficient (Wildman–Crippen LogP) is 3.90. The zero-order valence-corrected chi connectivity index (χ0v) is 15.1. The molecule has 3 rings (SSSR count). The number of hydrogen-bond donors (Lipinski definition) is 0. The molecule has 2 aromatic carbocycles. The van der Waals surface area contributed by atoms with Crippen molar-refractivity contribution in [2.75, 3.05) is 13.7 Å². The van der Waals surface area contributed by atoms with Crippen molar-refractivity contribution in [2.24, 2.45) is 5.16 Å². The maximum Gasteiger partial charge on any atom is 0.161 e. The van der Waals surface area contributed by atoms with Crippen LogP contribution in [0.5, 0.6) is 11.5 Å². The van der Waals surface area contributed by atoms with Gasteiger partial charge in [0.05, 0.1) is 36.7 Å². The summed E-state index contributed by atoms with van der Waals surface area (Å²) in [5, 5.41) is 4.02. The Labute approximate surface area is 152 Å². The Kier molecular flexibility index (Phi) is 5.63. The molecular formula is C20H21N3O3. The van der Waals surface area contributed by atoms with Crippen molar-refractivity contribution in [3.63, 3.8) is 0 Å².